The van der Waals surface area contributed by atoms with Crippen molar-refractivity contribution in [2.75, 3.05) is 13.9 Å². The van der Waals surface area contributed by atoms with Gasteiger partial charge in [0.05, 0.1) is 17.6 Å². The molecule has 0 saturated heterocycles. The summed E-state index contributed by atoms with van der Waals surface area (Å²) in [6.45, 7) is 5.98. The molecule has 0 aromatic heterocycles. The van der Waals surface area contributed by atoms with Crippen LogP contribution in [0.15, 0.2) is 70.0 Å². The molecule has 0 aliphatic carbocycles. The number of methoxy groups -OCH3 is 1. The zero-order valence-electron chi connectivity index (χ0n) is 22.2. The average Bonchev–Trinajstić information content (AvgIpc) is 3.39. The van der Waals surface area contributed by atoms with Gasteiger partial charge in [0.1, 0.15) is 5.75 Å². The van der Waals surface area contributed by atoms with E-state index in [2.05, 4.69) is 4.40 Å². The topological polar surface area (TPSA) is 124 Å². The van der Waals surface area contributed by atoms with E-state index in [4.69, 9.17) is 18.9 Å². The van der Waals surface area contributed by atoms with E-state index in [0.29, 0.717) is 40.4 Å². The monoisotopic (exact) mass is 552 g/mol. The molecule has 206 valence electrons. The number of sulfonamides is 1. The molecule has 0 bridgehead atoms. The van der Waals surface area contributed by atoms with E-state index in [9.17, 15) is 18.3 Å². The van der Waals surface area contributed by atoms with Crippen LogP contribution in [0.25, 0.3) is 0 Å². The first-order chi connectivity index (χ1) is 18.6. The summed E-state index contributed by atoms with van der Waals surface area (Å²) >= 11 is 0. The lowest BCUT2D eigenvalue weighted by Gasteiger charge is -2.26. The second kappa shape index (κ2) is 11.8. The maximum absolute atomic E-state index is 13.5. The van der Waals surface area contributed by atoms with Crippen molar-refractivity contribution in [2.45, 2.75) is 50.5 Å². The van der Waals surface area contributed by atoms with Gasteiger partial charge in [-0.15, -0.1) is 0 Å². The molecule has 9 nitrogen and oxygen atoms in total. The fourth-order valence-electron chi connectivity index (χ4n) is 4.11. The number of nitrogens with zero attached hydrogens (tertiary/aromatic N) is 1. The van der Waals surface area contributed by atoms with E-state index in [-0.39, 0.29) is 17.6 Å². The summed E-state index contributed by atoms with van der Waals surface area (Å²) in [5.41, 5.74) is 2.28. The molecule has 1 aliphatic heterocycles. The number of carbonyl (C=O) groups is 1. The third kappa shape index (κ3) is 6.34. The van der Waals surface area contributed by atoms with Gasteiger partial charge < -0.3 is 24.1 Å². The molecule has 1 aliphatic rings. The summed E-state index contributed by atoms with van der Waals surface area (Å²) in [5, 5.41) is 13.5. The molecular weight excluding hydrogens is 522 g/mol. The van der Waals surface area contributed by atoms with Crippen LogP contribution in [0.1, 0.15) is 66.3 Å². The smallest absolute Gasteiger partial charge is 0.337 e. The van der Waals surface area contributed by atoms with Crippen LogP contribution < -0.4 is 19.3 Å². The van der Waals surface area contributed by atoms with E-state index in [1.54, 1.807) is 42.5 Å². The Labute approximate surface area is 228 Å². The summed E-state index contributed by atoms with van der Waals surface area (Å²) in [5.74, 6) is -0.0979. The molecule has 3 aromatic rings. The molecule has 0 radical (unpaired) electrons. The Morgan fingerprint density at radius 1 is 1.00 bits per heavy atom. The number of carbonyl (C=O) groups excluding carboxylic acids is 1. The Balaban J connectivity index is 1.75. The Morgan fingerprint density at radius 3 is 2.36 bits per heavy atom. The normalized spacial score (nSPS) is 13.8. The van der Waals surface area contributed by atoms with Crippen molar-refractivity contribution in [2.24, 2.45) is 4.40 Å². The molecule has 3 aromatic carbocycles. The third-order valence-corrected chi connectivity index (χ3v) is 7.51. The summed E-state index contributed by atoms with van der Waals surface area (Å²) in [7, 11) is -3.03. The van der Waals surface area contributed by atoms with E-state index in [1.807, 2.05) is 20.8 Å². The minimum atomic E-state index is -4.32. The van der Waals surface area contributed by atoms with Crippen LogP contribution in [0.2, 0.25) is 0 Å². The lowest BCUT2D eigenvalue weighted by atomic mass is 10.0. The van der Waals surface area contributed by atoms with Crippen LogP contribution in [0, 0.1) is 0 Å². The summed E-state index contributed by atoms with van der Waals surface area (Å²) in [4.78, 5) is 12.0. The van der Waals surface area contributed by atoms with Gasteiger partial charge in [0.2, 0.25) is 6.79 Å². The number of esters is 1. The SMILES string of the molecule is CCCc1cc(C(=O)OC)ccc1OC(/C([O-])=N/S(=O)(=O)c1ccc(C(C)C)cc1)c1ccc2c(c1)OCO2. The van der Waals surface area contributed by atoms with Crippen LogP contribution >= 0.6 is 0 Å². The second-order valence-electron chi connectivity index (χ2n) is 9.30. The Hall–Kier alpha value is -4.05. The lowest BCUT2D eigenvalue weighted by molar-refractivity contribution is -0.226. The van der Waals surface area contributed by atoms with Crippen molar-refractivity contribution in [3.05, 3.63) is 82.9 Å². The highest BCUT2D eigenvalue weighted by molar-refractivity contribution is 7.90. The summed E-state index contributed by atoms with van der Waals surface area (Å²) in [6, 6.07) is 15.8. The molecule has 39 heavy (non-hydrogen) atoms. The van der Waals surface area contributed by atoms with Gasteiger partial charge in [-0.1, -0.05) is 45.4 Å². The van der Waals surface area contributed by atoms with Crippen LogP contribution in [0.5, 0.6) is 17.2 Å². The van der Waals surface area contributed by atoms with Crippen LogP contribution in [-0.4, -0.2) is 34.2 Å². The van der Waals surface area contributed by atoms with E-state index in [1.165, 1.54) is 25.3 Å². The van der Waals surface area contributed by atoms with Crippen LogP contribution in [0.4, 0.5) is 0 Å². The number of hydrogen-bond donors (Lipinski definition) is 0. The average molecular weight is 553 g/mol. The number of benzene rings is 3. The molecule has 0 N–H and O–H groups in total. The predicted molar refractivity (Wildman–Crippen MR) is 143 cm³/mol. The maximum Gasteiger partial charge on any atom is 0.337 e. The van der Waals surface area contributed by atoms with Gasteiger partial charge in [-0.3, -0.25) is 0 Å². The predicted octanol–water partition coefficient (Wildman–Crippen LogP) is 4.55. The van der Waals surface area contributed by atoms with Crippen molar-refractivity contribution >= 4 is 21.9 Å². The van der Waals surface area contributed by atoms with Crippen molar-refractivity contribution in [3.8, 4) is 17.2 Å². The fraction of sp³-hybridized carbons (Fsp3) is 0.310. The van der Waals surface area contributed by atoms with Gasteiger partial charge in [0.15, 0.2) is 17.6 Å². The Bertz CT molecular complexity index is 1480. The van der Waals surface area contributed by atoms with Crippen molar-refractivity contribution < 1.29 is 37.3 Å². The minimum absolute atomic E-state index is 0.0268. The molecule has 4 rings (SSSR count). The maximum atomic E-state index is 13.5. The van der Waals surface area contributed by atoms with E-state index in [0.717, 1.165) is 12.0 Å². The van der Waals surface area contributed by atoms with Gasteiger partial charge in [0, 0.05) is 11.5 Å². The number of rotatable bonds is 10. The van der Waals surface area contributed by atoms with Gasteiger partial charge in [-0.2, -0.15) is 12.8 Å². The van der Waals surface area contributed by atoms with Gasteiger partial charge in [-0.05, 0) is 65.9 Å². The minimum Gasteiger partial charge on any atom is -0.858 e. The molecule has 0 saturated carbocycles. The van der Waals surface area contributed by atoms with E-state index >= 15 is 0 Å². The number of hydrogen-bond acceptors (Lipinski definition) is 8. The van der Waals surface area contributed by atoms with Gasteiger partial charge in [-0.25, -0.2) is 4.79 Å². The highest BCUT2D eigenvalue weighted by Crippen LogP contribution is 2.36. The molecule has 1 heterocycles. The molecule has 0 amide bonds. The van der Waals surface area contributed by atoms with Crippen molar-refractivity contribution in [1.82, 2.24) is 0 Å². The number of aryl methyl sites for hydroxylation is 1. The van der Waals surface area contributed by atoms with Crippen molar-refractivity contribution in [1.29, 1.82) is 0 Å². The summed E-state index contributed by atoms with van der Waals surface area (Å²) < 4.78 is 51.6. The Kier molecular flexibility index (Phi) is 8.44. The summed E-state index contributed by atoms with van der Waals surface area (Å²) in [6.07, 6.45) is -0.141. The molecule has 0 spiro atoms. The van der Waals surface area contributed by atoms with Crippen LogP contribution in [-0.2, 0) is 21.2 Å². The fourth-order valence-corrected chi connectivity index (χ4v) is 5.03. The Morgan fingerprint density at radius 2 is 1.69 bits per heavy atom. The molecule has 1 unspecified atom stereocenters. The first-order valence-electron chi connectivity index (χ1n) is 12.5. The van der Waals surface area contributed by atoms with Crippen LogP contribution in [0.3, 0.4) is 0 Å². The van der Waals surface area contributed by atoms with Gasteiger partial charge >= 0.3 is 5.97 Å². The van der Waals surface area contributed by atoms with Crippen molar-refractivity contribution in [3.63, 3.8) is 0 Å². The zero-order chi connectivity index (χ0) is 28.2. The molecule has 0 fully saturated rings. The first-order valence-corrected chi connectivity index (χ1v) is 14.0. The standard InChI is InChI=1S/C29H31NO8S/c1-5-6-20-15-22(29(32)35-4)10-13-24(20)38-27(21-9-14-25-26(16-21)37-17-36-25)28(31)30-39(33,34)23-11-7-19(8-12-23)18(2)3/h7-16,18,27H,5-6,17H2,1-4H3,(H,30,31)/p-1. The lowest BCUT2D eigenvalue weighted by Crippen LogP contribution is -2.31. The largest absolute Gasteiger partial charge is 0.858 e. The van der Waals surface area contributed by atoms with Gasteiger partial charge in [0.25, 0.3) is 10.0 Å². The highest BCUT2D eigenvalue weighted by Gasteiger charge is 2.23. The molecule has 10 heteroatoms. The zero-order valence-corrected chi connectivity index (χ0v) is 23.0. The molecule has 1 atom stereocenters. The van der Waals surface area contributed by atoms with E-state index < -0.39 is 28.0 Å². The highest BCUT2D eigenvalue weighted by atomic mass is 32.2. The first kappa shape index (κ1) is 28.0. The number of ether oxygens (including phenoxy) is 4. The third-order valence-electron chi connectivity index (χ3n) is 6.22. The quantitative estimate of drug-likeness (QED) is 0.204. The molecular formula is C29H30NO8S-. The second-order valence-corrected chi connectivity index (χ2v) is 10.9. The number of fused-ring (bicyclic) bond motifs is 1.